The van der Waals surface area contributed by atoms with Crippen molar-refractivity contribution in [3.63, 3.8) is 0 Å². The fourth-order valence-corrected chi connectivity index (χ4v) is 2.67. The highest BCUT2D eigenvalue weighted by Gasteiger charge is 2.32. The van der Waals surface area contributed by atoms with E-state index >= 15 is 0 Å². The second-order valence-electron chi connectivity index (χ2n) is 5.27. The summed E-state index contributed by atoms with van der Waals surface area (Å²) in [4.78, 5) is 7.21. The van der Waals surface area contributed by atoms with Gasteiger partial charge in [0, 0.05) is 32.3 Å². The molecule has 1 aliphatic carbocycles. The van der Waals surface area contributed by atoms with E-state index in [2.05, 4.69) is 15.5 Å². The third-order valence-electron chi connectivity index (χ3n) is 3.78. The molecule has 0 aromatic carbocycles. The smallest absolute Gasteiger partial charge is 0.151 e. The molecule has 2 aromatic heterocycles. The van der Waals surface area contributed by atoms with Gasteiger partial charge in [0.25, 0.3) is 0 Å². The van der Waals surface area contributed by atoms with Gasteiger partial charge in [-0.2, -0.15) is 0 Å². The zero-order valence-electron chi connectivity index (χ0n) is 12.0. The summed E-state index contributed by atoms with van der Waals surface area (Å²) in [5, 5.41) is 0. The third kappa shape index (κ3) is 2.51. The van der Waals surface area contributed by atoms with Crippen LogP contribution in [0.1, 0.15) is 18.5 Å². The van der Waals surface area contributed by atoms with Gasteiger partial charge in [0.15, 0.2) is 5.82 Å². The van der Waals surface area contributed by atoms with Crippen molar-refractivity contribution in [1.29, 1.82) is 0 Å². The molecule has 0 bridgehead atoms. The molecular formula is C15H22N4O. The molecule has 0 spiro atoms. The molecule has 0 amide bonds. The molecule has 20 heavy (non-hydrogen) atoms. The van der Waals surface area contributed by atoms with Gasteiger partial charge in [-0.25, -0.2) is 4.98 Å². The van der Waals surface area contributed by atoms with Crippen molar-refractivity contribution < 1.29 is 4.74 Å². The predicted molar refractivity (Wildman–Crippen MR) is 80.2 cm³/mol. The minimum Gasteiger partial charge on any atom is -0.383 e. The number of aromatic nitrogens is 2. The van der Waals surface area contributed by atoms with Crippen LogP contribution in [0.2, 0.25) is 0 Å². The first kappa shape index (κ1) is 13.4. The van der Waals surface area contributed by atoms with Crippen LogP contribution in [0.3, 0.4) is 0 Å². The summed E-state index contributed by atoms with van der Waals surface area (Å²) in [6, 6.07) is 6.72. The number of hydrogen-bond donors (Lipinski definition) is 1. The molecule has 1 aliphatic rings. The topological polar surface area (TPSA) is 55.8 Å². The van der Waals surface area contributed by atoms with E-state index in [4.69, 9.17) is 15.5 Å². The third-order valence-corrected chi connectivity index (χ3v) is 3.78. The van der Waals surface area contributed by atoms with Gasteiger partial charge in [-0.15, -0.1) is 0 Å². The molecule has 0 atom stereocenters. The van der Waals surface area contributed by atoms with Gasteiger partial charge in [-0.3, -0.25) is 0 Å². The zero-order valence-corrected chi connectivity index (χ0v) is 12.0. The van der Waals surface area contributed by atoms with Gasteiger partial charge < -0.3 is 19.8 Å². The maximum atomic E-state index is 5.79. The maximum absolute atomic E-state index is 5.79. The van der Waals surface area contributed by atoms with Crippen molar-refractivity contribution in [2.75, 3.05) is 31.7 Å². The number of anilines is 1. The number of ether oxygens (including phenoxy) is 1. The minimum atomic E-state index is 0.617. The Morgan fingerprint density at radius 1 is 1.45 bits per heavy atom. The van der Waals surface area contributed by atoms with Crippen molar-refractivity contribution >= 4 is 11.5 Å². The van der Waals surface area contributed by atoms with Crippen molar-refractivity contribution in [3.8, 4) is 0 Å². The zero-order chi connectivity index (χ0) is 13.9. The maximum Gasteiger partial charge on any atom is 0.151 e. The number of imidazole rings is 1. The lowest BCUT2D eigenvalue weighted by molar-refractivity contribution is 0.204. The van der Waals surface area contributed by atoms with Crippen molar-refractivity contribution in [2.24, 2.45) is 5.73 Å². The van der Waals surface area contributed by atoms with Crippen molar-refractivity contribution in [1.82, 2.24) is 9.38 Å². The normalized spacial score (nSPS) is 14.9. The fourth-order valence-electron chi connectivity index (χ4n) is 2.67. The molecule has 1 saturated carbocycles. The molecule has 0 saturated heterocycles. The molecule has 1 fully saturated rings. The SMILES string of the molecule is COCCN(c1nc2ccccn2c1CCN)C1CC1. The first-order valence-corrected chi connectivity index (χ1v) is 7.26. The van der Waals surface area contributed by atoms with E-state index in [1.807, 2.05) is 18.2 Å². The summed E-state index contributed by atoms with van der Waals surface area (Å²) >= 11 is 0. The Balaban J connectivity index is 2.00. The molecule has 2 N–H and O–H groups in total. The van der Waals surface area contributed by atoms with Crippen LogP contribution in [0, 0.1) is 0 Å². The predicted octanol–water partition coefficient (Wildman–Crippen LogP) is 1.45. The van der Waals surface area contributed by atoms with Gasteiger partial charge in [-0.1, -0.05) is 6.07 Å². The molecule has 5 nitrogen and oxygen atoms in total. The molecule has 0 unspecified atom stereocenters. The van der Waals surface area contributed by atoms with E-state index in [-0.39, 0.29) is 0 Å². The van der Waals surface area contributed by atoms with Gasteiger partial charge in [0.2, 0.25) is 0 Å². The summed E-state index contributed by atoms with van der Waals surface area (Å²) < 4.78 is 7.40. The summed E-state index contributed by atoms with van der Waals surface area (Å²) in [5.74, 6) is 1.08. The summed E-state index contributed by atoms with van der Waals surface area (Å²) in [7, 11) is 1.75. The van der Waals surface area contributed by atoms with Crippen LogP contribution in [0.15, 0.2) is 24.4 Å². The Morgan fingerprint density at radius 3 is 3.00 bits per heavy atom. The van der Waals surface area contributed by atoms with E-state index in [0.717, 1.165) is 31.0 Å². The van der Waals surface area contributed by atoms with E-state index in [1.54, 1.807) is 7.11 Å². The summed E-state index contributed by atoms with van der Waals surface area (Å²) in [6.07, 6.45) is 5.41. The number of hydrogen-bond acceptors (Lipinski definition) is 4. The highest BCUT2D eigenvalue weighted by atomic mass is 16.5. The number of nitrogens with zero attached hydrogens (tertiary/aromatic N) is 3. The van der Waals surface area contributed by atoms with Crippen LogP contribution < -0.4 is 10.6 Å². The number of pyridine rings is 1. The van der Waals surface area contributed by atoms with Crippen molar-refractivity contribution in [2.45, 2.75) is 25.3 Å². The standard InChI is InChI=1S/C15H22N4O/c1-20-11-10-18(12-5-6-12)15-13(7-8-16)19-9-3-2-4-14(19)17-15/h2-4,9,12H,5-8,10-11,16H2,1H3. The van der Waals surface area contributed by atoms with E-state index in [1.165, 1.54) is 18.5 Å². The largest absolute Gasteiger partial charge is 0.383 e. The van der Waals surface area contributed by atoms with Gasteiger partial charge >= 0.3 is 0 Å². The van der Waals surface area contributed by atoms with Crippen LogP contribution in [-0.4, -0.2) is 42.2 Å². The monoisotopic (exact) mass is 274 g/mol. The molecule has 2 aromatic rings. The summed E-state index contributed by atoms with van der Waals surface area (Å²) in [6.45, 7) is 2.26. The second-order valence-corrected chi connectivity index (χ2v) is 5.27. The fraction of sp³-hybridized carbons (Fsp3) is 0.533. The van der Waals surface area contributed by atoms with Crippen LogP contribution in [0.4, 0.5) is 5.82 Å². The Morgan fingerprint density at radius 2 is 2.30 bits per heavy atom. The lowest BCUT2D eigenvalue weighted by Gasteiger charge is -2.23. The molecule has 0 aliphatic heterocycles. The van der Waals surface area contributed by atoms with Crippen molar-refractivity contribution in [3.05, 3.63) is 30.1 Å². The van der Waals surface area contributed by atoms with Gasteiger partial charge in [-0.05, 0) is 31.5 Å². The average Bonchev–Trinajstić information content (AvgIpc) is 3.24. The Hall–Kier alpha value is -1.59. The number of nitrogens with two attached hydrogens (primary N) is 1. The molecule has 5 heteroatoms. The highest BCUT2D eigenvalue weighted by molar-refractivity contribution is 5.57. The molecule has 0 radical (unpaired) electrons. The summed E-state index contributed by atoms with van der Waals surface area (Å²) in [5.41, 5.74) is 8.00. The minimum absolute atomic E-state index is 0.617. The molecule has 108 valence electrons. The Labute approximate surface area is 119 Å². The number of rotatable bonds is 7. The lowest BCUT2D eigenvalue weighted by atomic mass is 10.3. The lowest BCUT2D eigenvalue weighted by Crippen LogP contribution is -2.31. The quantitative estimate of drug-likeness (QED) is 0.830. The van der Waals surface area contributed by atoms with Crippen LogP contribution in [0.25, 0.3) is 5.65 Å². The van der Waals surface area contributed by atoms with Gasteiger partial charge in [0.1, 0.15) is 5.65 Å². The molecule has 2 heterocycles. The second kappa shape index (κ2) is 5.81. The Kier molecular flexibility index (Phi) is 3.89. The first-order chi connectivity index (χ1) is 9.85. The van der Waals surface area contributed by atoms with Crippen LogP contribution >= 0.6 is 0 Å². The number of fused-ring (bicyclic) bond motifs is 1. The number of methoxy groups -OCH3 is 1. The van der Waals surface area contributed by atoms with E-state index < -0.39 is 0 Å². The average molecular weight is 274 g/mol. The van der Waals surface area contributed by atoms with Crippen LogP contribution in [0.5, 0.6) is 0 Å². The highest BCUT2D eigenvalue weighted by Crippen LogP contribution is 2.33. The van der Waals surface area contributed by atoms with Gasteiger partial charge in [0.05, 0.1) is 12.3 Å². The molecular weight excluding hydrogens is 252 g/mol. The molecule has 3 rings (SSSR count). The van der Waals surface area contributed by atoms with E-state index in [0.29, 0.717) is 12.6 Å². The van der Waals surface area contributed by atoms with E-state index in [9.17, 15) is 0 Å². The van der Waals surface area contributed by atoms with Crippen LogP contribution in [-0.2, 0) is 11.2 Å². The Bertz CT molecular complexity index is 576. The first-order valence-electron chi connectivity index (χ1n) is 7.26.